The first-order chi connectivity index (χ1) is 12.3. The van der Waals surface area contributed by atoms with Gasteiger partial charge in [-0.25, -0.2) is 0 Å². The van der Waals surface area contributed by atoms with Gasteiger partial charge in [0.2, 0.25) is 0 Å². The van der Waals surface area contributed by atoms with Crippen LogP contribution in [0.15, 0.2) is 36.4 Å². The second-order valence-corrected chi connectivity index (χ2v) is 7.07. The van der Waals surface area contributed by atoms with Crippen molar-refractivity contribution in [3.63, 3.8) is 0 Å². The summed E-state index contributed by atoms with van der Waals surface area (Å²) < 4.78 is 5.97. The van der Waals surface area contributed by atoms with Crippen LogP contribution in [0.2, 0.25) is 0 Å². The highest BCUT2D eigenvalue weighted by Gasteiger charge is 2.22. The Morgan fingerprint density at radius 1 is 0.885 bits per heavy atom. The van der Waals surface area contributed by atoms with Crippen LogP contribution in [0.3, 0.4) is 0 Å². The van der Waals surface area contributed by atoms with Crippen molar-refractivity contribution in [3.05, 3.63) is 64.2 Å². The van der Waals surface area contributed by atoms with E-state index in [1.165, 1.54) is 22.3 Å². The number of carbonyl (C=O) groups excluding carboxylic acids is 1. The Balaban J connectivity index is 2.10. The Kier molecular flexibility index (Phi) is 6.84. The van der Waals surface area contributed by atoms with Crippen molar-refractivity contribution in [3.8, 4) is 5.75 Å². The van der Waals surface area contributed by atoms with Crippen LogP contribution in [-0.4, -0.2) is 12.0 Å². The van der Waals surface area contributed by atoms with Gasteiger partial charge in [0.05, 0.1) is 6.04 Å². The predicted molar refractivity (Wildman–Crippen MR) is 108 cm³/mol. The number of hydrogen-bond donors (Lipinski definition) is 1. The first kappa shape index (κ1) is 20.0. The minimum absolute atomic E-state index is 0.000737. The van der Waals surface area contributed by atoms with Crippen molar-refractivity contribution in [1.29, 1.82) is 0 Å². The fourth-order valence-corrected chi connectivity index (χ4v) is 2.94. The summed E-state index contributed by atoms with van der Waals surface area (Å²) in [5.74, 6) is 0.685. The van der Waals surface area contributed by atoms with Gasteiger partial charge in [0.25, 0.3) is 5.91 Å². The number of ether oxygens (including phenoxy) is 1. The third-order valence-electron chi connectivity index (χ3n) is 5.08. The van der Waals surface area contributed by atoms with E-state index in [9.17, 15) is 4.79 Å². The van der Waals surface area contributed by atoms with Crippen LogP contribution in [0.5, 0.6) is 5.75 Å². The molecular formula is C23H31NO2. The molecule has 2 aromatic carbocycles. The van der Waals surface area contributed by atoms with Crippen LogP contribution in [0.25, 0.3) is 0 Å². The second-order valence-electron chi connectivity index (χ2n) is 7.07. The highest BCUT2D eigenvalue weighted by Crippen LogP contribution is 2.22. The molecule has 1 N–H and O–H groups in total. The molecule has 0 aliphatic carbocycles. The summed E-state index contributed by atoms with van der Waals surface area (Å²) in [6.07, 6.45) is 0.980. The highest BCUT2D eigenvalue weighted by molar-refractivity contribution is 5.81. The van der Waals surface area contributed by atoms with Gasteiger partial charge in [-0.15, -0.1) is 0 Å². The highest BCUT2D eigenvalue weighted by atomic mass is 16.5. The van der Waals surface area contributed by atoms with Crippen molar-refractivity contribution in [2.75, 3.05) is 0 Å². The molecule has 0 aliphatic rings. The first-order valence-electron chi connectivity index (χ1n) is 9.47. The lowest BCUT2D eigenvalue weighted by Crippen LogP contribution is -2.40. The van der Waals surface area contributed by atoms with Crippen LogP contribution in [0.4, 0.5) is 0 Å². The number of amides is 1. The molecule has 1 amide bonds. The molecule has 3 heteroatoms. The van der Waals surface area contributed by atoms with Gasteiger partial charge in [0.1, 0.15) is 5.75 Å². The molecule has 0 fully saturated rings. The Labute approximate surface area is 157 Å². The van der Waals surface area contributed by atoms with Crippen molar-refractivity contribution in [1.82, 2.24) is 5.32 Å². The summed E-state index contributed by atoms with van der Waals surface area (Å²) in [5, 5.41) is 3.16. The zero-order valence-electron chi connectivity index (χ0n) is 16.8. The van der Waals surface area contributed by atoms with E-state index in [0.717, 1.165) is 17.7 Å². The van der Waals surface area contributed by atoms with Crippen LogP contribution < -0.4 is 10.1 Å². The lowest BCUT2D eigenvalue weighted by atomic mass is 9.99. The number of rotatable bonds is 7. The molecule has 140 valence electrons. The largest absolute Gasteiger partial charge is 0.481 e. The summed E-state index contributed by atoms with van der Waals surface area (Å²) in [5.41, 5.74) is 6.04. The molecule has 0 aromatic heterocycles. The molecule has 0 saturated heterocycles. The Morgan fingerprint density at radius 2 is 1.50 bits per heavy atom. The number of hydrogen-bond acceptors (Lipinski definition) is 2. The monoisotopic (exact) mass is 353 g/mol. The van der Waals surface area contributed by atoms with Gasteiger partial charge in [-0.3, -0.25) is 4.79 Å². The molecule has 2 atom stereocenters. The molecule has 0 heterocycles. The van der Waals surface area contributed by atoms with E-state index < -0.39 is 6.10 Å². The third-order valence-corrected chi connectivity index (χ3v) is 5.08. The van der Waals surface area contributed by atoms with E-state index in [0.29, 0.717) is 6.42 Å². The number of benzene rings is 2. The van der Waals surface area contributed by atoms with E-state index in [2.05, 4.69) is 58.1 Å². The SMILES string of the molecule is CC[C@H](Oc1ccc(C)c(C)c1)C(=O)N[C@@H](CC)c1ccc(C)c(C)c1. The zero-order valence-corrected chi connectivity index (χ0v) is 16.8. The number of carbonyl (C=O) groups is 1. The third kappa shape index (κ3) is 4.87. The van der Waals surface area contributed by atoms with Crippen molar-refractivity contribution < 1.29 is 9.53 Å². The van der Waals surface area contributed by atoms with E-state index >= 15 is 0 Å². The zero-order chi connectivity index (χ0) is 19.3. The van der Waals surface area contributed by atoms with E-state index in [1.807, 2.05) is 25.1 Å². The average Bonchev–Trinajstić information content (AvgIpc) is 2.62. The molecule has 0 aliphatic heterocycles. The molecule has 0 radical (unpaired) electrons. The van der Waals surface area contributed by atoms with Gasteiger partial charge in [-0.2, -0.15) is 0 Å². The molecule has 0 spiro atoms. The second kappa shape index (κ2) is 8.88. The Hall–Kier alpha value is -2.29. The van der Waals surface area contributed by atoms with Gasteiger partial charge < -0.3 is 10.1 Å². The standard InChI is InChI=1S/C23H31NO2/c1-7-21(19-11-9-15(3)17(5)13-19)24-23(25)22(8-2)26-20-12-10-16(4)18(6)14-20/h9-14,21-22H,7-8H2,1-6H3,(H,24,25)/t21-,22-/m0/s1. The number of nitrogens with one attached hydrogen (secondary N) is 1. The van der Waals surface area contributed by atoms with E-state index in [4.69, 9.17) is 4.74 Å². The topological polar surface area (TPSA) is 38.3 Å². The van der Waals surface area contributed by atoms with Crippen LogP contribution >= 0.6 is 0 Å². The van der Waals surface area contributed by atoms with Gasteiger partial charge in [0, 0.05) is 0 Å². The van der Waals surface area contributed by atoms with E-state index in [1.54, 1.807) is 0 Å². The normalized spacial score (nSPS) is 13.2. The fraction of sp³-hybridized carbons (Fsp3) is 0.435. The maximum Gasteiger partial charge on any atom is 0.261 e. The summed E-state index contributed by atoms with van der Waals surface area (Å²) in [6.45, 7) is 12.4. The molecule has 0 bridgehead atoms. The molecular weight excluding hydrogens is 322 g/mol. The minimum atomic E-state index is -0.488. The molecule has 26 heavy (non-hydrogen) atoms. The van der Waals surface area contributed by atoms with Crippen molar-refractivity contribution in [2.24, 2.45) is 0 Å². The lowest BCUT2D eigenvalue weighted by Gasteiger charge is -2.23. The van der Waals surface area contributed by atoms with Gasteiger partial charge in [0.15, 0.2) is 6.10 Å². The van der Waals surface area contributed by atoms with E-state index in [-0.39, 0.29) is 11.9 Å². The maximum absolute atomic E-state index is 12.8. The van der Waals surface area contributed by atoms with Gasteiger partial charge in [-0.05, 0) is 80.5 Å². The average molecular weight is 354 g/mol. The minimum Gasteiger partial charge on any atom is -0.481 e. The summed E-state index contributed by atoms with van der Waals surface area (Å²) in [7, 11) is 0. The summed E-state index contributed by atoms with van der Waals surface area (Å²) in [6, 6.07) is 12.3. The lowest BCUT2D eigenvalue weighted by molar-refractivity contribution is -0.128. The van der Waals surface area contributed by atoms with Crippen LogP contribution in [0.1, 0.15) is 60.5 Å². The first-order valence-corrected chi connectivity index (χ1v) is 9.47. The molecule has 0 unspecified atom stereocenters. The molecule has 3 nitrogen and oxygen atoms in total. The molecule has 2 rings (SSSR count). The van der Waals surface area contributed by atoms with Crippen LogP contribution in [-0.2, 0) is 4.79 Å². The summed E-state index contributed by atoms with van der Waals surface area (Å²) >= 11 is 0. The summed E-state index contributed by atoms with van der Waals surface area (Å²) in [4.78, 5) is 12.8. The number of aryl methyl sites for hydroxylation is 4. The maximum atomic E-state index is 12.8. The van der Waals surface area contributed by atoms with Crippen molar-refractivity contribution >= 4 is 5.91 Å². The smallest absolute Gasteiger partial charge is 0.261 e. The predicted octanol–water partition coefficient (Wildman–Crippen LogP) is 5.35. The fourth-order valence-electron chi connectivity index (χ4n) is 2.94. The van der Waals surface area contributed by atoms with Crippen molar-refractivity contribution in [2.45, 2.75) is 66.5 Å². The van der Waals surface area contributed by atoms with Gasteiger partial charge >= 0.3 is 0 Å². The quantitative estimate of drug-likeness (QED) is 0.729. The Bertz CT molecular complexity index is 767. The molecule has 0 saturated carbocycles. The molecule has 2 aromatic rings. The van der Waals surface area contributed by atoms with Crippen LogP contribution in [0, 0.1) is 27.7 Å². The van der Waals surface area contributed by atoms with Gasteiger partial charge in [-0.1, -0.05) is 38.1 Å². The Morgan fingerprint density at radius 3 is 2.04 bits per heavy atom.